The molecule has 0 spiro atoms. The lowest BCUT2D eigenvalue weighted by atomic mass is 9.97. The molecule has 2 fully saturated rings. The molecule has 1 saturated carbocycles. The van der Waals surface area contributed by atoms with Gasteiger partial charge in [-0.15, -0.1) is 0 Å². The van der Waals surface area contributed by atoms with E-state index in [0.717, 1.165) is 32.2 Å². The van der Waals surface area contributed by atoms with Crippen LogP contribution in [0.5, 0.6) is 0 Å². The minimum absolute atomic E-state index is 0.0130. The molecular weight excluding hydrogens is 292 g/mol. The highest BCUT2D eigenvalue weighted by atomic mass is 16.2. The Balaban J connectivity index is 1.73. The van der Waals surface area contributed by atoms with Crippen LogP contribution in [0.2, 0.25) is 0 Å². The van der Waals surface area contributed by atoms with Crippen LogP contribution in [0.25, 0.3) is 0 Å². The first-order valence-corrected chi connectivity index (χ1v) is 9.18. The molecule has 0 aromatic carbocycles. The number of piperidine rings is 1. The Morgan fingerprint density at radius 2 is 1.78 bits per heavy atom. The minimum Gasteiger partial charge on any atom is -0.355 e. The first-order chi connectivity index (χ1) is 11.2. The maximum atomic E-state index is 12.3. The van der Waals surface area contributed by atoms with Crippen molar-refractivity contribution in [1.82, 2.24) is 15.5 Å². The van der Waals surface area contributed by atoms with Crippen molar-refractivity contribution < 1.29 is 9.59 Å². The molecule has 1 atom stereocenters. The van der Waals surface area contributed by atoms with Crippen LogP contribution in [0.1, 0.15) is 51.4 Å². The second kappa shape index (κ2) is 9.88. The van der Waals surface area contributed by atoms with E-state index in [1.165, 1.54) is 25.7 Å². The van der Waals surface area contributed by atoms with Gasteiger partial charge in [-0.05, 0) is 32.2 Å². The molecule has 2 rings (SSSR count). The molecule has 1 saturated heterocycles. The van der Waals surface area contributed by atoms with Crippen LogP contribution in [-0.4, -0.2) is 55.5 Å². The standard InChI is InChI=1S/C17H32N4O2/c18-9-10-19-17(23)14-6-5-11-21(12-14)13-16(22)20-15-7-3-1-2-4-8-15/h14-15H,1-13,18H2,(H,19,23)(H,20,22). The average molecular weight is 324 g/mol. The zero-order valence-electron chi connectivity index (χ0n) is 14.2. The summed E-state index contributed by atoms with van der Waals surface area (Å²) in [6, 6.07) is 0.346. The number of likely N-dealkylation sites (tertiary alicyclic amines) is 1. The highest BCUT2D eigenvalue weighted by Crippen LogP contribution is 2.18. The van der Waals surface area contributed by atoms with Crippen LogP contribution in [0.4, 0.5) is 0 Å². The van der Waals surface area contributed by atoms with Crippen LogP contribution >= 0.6 is 0 Å². The normalized spacial score (nSPS) is 24.0. The van der Waals surface area contributed by atoms with Gasteiger partial charge in [0.05, 0.1) is 12.5 Å². The lowest BCUT2D eigenvalue weighted by molar-refractivity contribution is -0.129. The Bertz CT molecular complexity index is 381. The molecule has 6 nitrogen and oxygen atoms in total. The van der Waals surface area contributed by atoms with Gasteiger partial charge in [0, 0.05) is 25.7 Å². The van der Waals surface area contributed by atoms with E-state index in [2.05, 4.69) is 15.5 Å². The monoisotopic (exact) mass is 324 g/mol. The van der Waals surface area contributed by atoms with Crippen molar-refractivity contribution in [1.29, 1.82) is 0 Å². The molecule has 1 aliphatic carbocycles. The van der Waals surface area contributed by atoms with Crippen LogP contribution in [-0.2, 0) is 9.59 Å². The number of nitrogens with one attached hydrogen (secondary N) is 2. The molecule has 23 heavy (non-hydrogen) atoms. The van der Waals surface area contributed by atoms with Gasteiger partial charge in [-0.2, -0.15) is 0 Å². The van der Waals surface area contributed by atoms with Gasteiger partial charge in [0.1, 0.15) is 0 Å². The van der Waals surface area contributed by atoms with Gasteiger partial charge >= 0.3 is 0 Å². The maximum Gasteiger partial charge on any atom is 0.234 e. The largest absolute Gasteiger partial charge is 0.355 e. The average Bonchev–Trinajstić information content (AvgIpc) is 2.81. The lowest BCUT2D eigenvalue weighted by Crippen LogP contribution is -2.48. The second-order valence-corrected chi connectivity index (χ2v) is 6.91. The Kier molecular flexibility index (Phi) is 7.82. The summed E-state index contributed by atoms with van der Waals surface area (Å²) < 4.78 is 0. The van der Waals surface area contributed by atoms with Gasteiger partial charge < -0.3 is 16.4 Å². The molecule has 6 heteroatoms. The summed E-state index contributed by atoms with van der Waals surface area (Å²) in [4.78, 5) is 26.4. The third kappa shape index (κ3) is 6.47. The number of nitrogens with zero attached hydrogens (tertiary/aromatic N) is 1. The number of rotatable bonds is 6. The van der Waals surface area contributed by atoms with Crippen molar-refractivity contribution in [2.75, 3.05) is 32.7 Å². The van der Waals surface area contributed by atoms with Gasteiger partial charge in [0.25, 0.3) is 0 Å². The van der Waals surface area contributed by atoms with E-state index in [-0.39, 0.29) is 17.7 Å². The van der Waals surface area contributed by atoms with Crippen LogP contribution in [0.3, 0.4) is 0 Å². The molecule has 0 bridgehead atoms. The summed E-state index contributed by atoms with van der Waals surface area (Å²) in [6.45, 7) is 2.98. The molecule has 0 radical (unpaired) electrons. The molecule has 0 aromatic heterocycles. The fraction of sp³-hybridized carbons (Fsp3) is 0.882. The number of hydrogen-bond donors (Lipinski definition) is 3. The van der Waals surface area contributed by atoms with Gasteiger partial charge in [-0.25, -0.2) is 0 Å². The van der Waals surface area contributed by atoms with Gasteiger partial charge in [-0.3, -0.25) is 14.5 Å². The second-order valence-electron chi connectivity index (χ2n) is 6.91. The third-order valence-corrected chi connectivity index (χ3v) is 4.91. The Labute approximate surface area is 139 Å². The number of nitrogens with two attached hydrogens (primary N) is 1. The summed E-state index contributed by atoms with van der Waals surface area (Å²) in [5.41, 5.74) is 5.42. The van der Waals surface area contributed by atoms with E-state index in [4.69, 9.17) is 5.73 Å². The Hall–Kier alpha value is -1.14. The van der Waals surface area contributed by atoms with E-state index in [1.807, 2.05) is 0 Å². The van der Waals surface area contributed by atoms with Crippen LogP contribution in [0.15, 0.2) is 0 Å². The van der Waals surface area contributed by atoms with Gasteiger partial charge in [-0.1, -0.05) is 25.7 Å². The highest BCUT2D eigenvalue weighted by molar-refractivity contribution is 5.80. The lowest BCUT2D eigenvalue weighted by Gasteiger charge is -2.31. The number of hydrogen-bond acceptors (Lipinski definition) is 4. The number of amides is 2. The van der Waals surface area contributed by atoms with Crippen molar-refractivity contribution >= 4 is 11.8 Å². The predicted octanol–water partition coefficient (Wildman–Crippen LogP) is 0.612. The Morgan fingerprint density at radius 1 is 1.04 bits per heavy atom. The molecular formula is C17H32N4O2. The van der Waals surface area contributed by atoms with E-state index in [1.54, 1.807) is 0 Å². The fourth-order valence-electron chi connectivity index (χ4n) is 3.65. The third-order valence-electron chi connectivity index (χ3n) is 4.91. The first kappa shape index (κ1) is 18.2. The molecule has 2 aliphatic rings. The SMILES string of the molecule is NCCNC(=O)C1CCCN(CC(=O)NC2CCCCCC2)C1. The summed E-state index contributed by atoms with van der Waals surface area (Å²) in [6.07, 6.45) is 9.10. The molecule has 1 unspecified atom stereocenters. The van der Waals surface area contributed by atoms with Gasteiger partial charge in [0.2, 0.25) is 11.8 Å². The fourth-order valence-corrected chi connectivity index (χ4v) is 3.65. The van der Waals surface area contributed by atoms with Crippen molar-refractivity contribution in [2.45, 2.75) is 57.4 Å². The minimum atomic E-state index is -0.0130. The zero-order chi connectivity index (χ0) is 16.5. The summed E-state index contributed by atoms with van der Waals surface area (Å²) in [5, 5.41) is 6.04. The van der Waals surface area contributed by atoms with Crippen molar-refractivity contribution in [2.24, 2.45) is 11.7 Å². The van der Waals surface area contributed by atoms with E-state index < -0.39 is 0 Å². The van der Waals surface area contributed by atoms with E-state index in [9.17, 15) is 9.59 Å². The maximum absolute atomic E-state index is 12.3. The first-order valence-electron chi connectivity index (χ1n) is 9.18. The van der Waals surface area contributed by atoms with Crippen molar-refractivity contribution in [3.05, 3.63) is 0 Å². The summed E-state index contributed by atoms with van der Waals surface area (Å²) in [7, 11) is 0. The van der Waals surface area contributed by atoms with Crippen LogP contribution < -0.4 is 16.4 Å². The molecule has 132 valence electrons. The molecule has 1 heterocycles. The molecule has 4 N–H and O–H groups in total. The number of carbonyl (C=O) groups excluding carboxylic acids is 2. The van der Waals surface area contributed by atoms with Crippen LogP contribution in [0, 0.1) is 5.92 Å². The highest BCUT2D eigenvalue weighted by Gasteiger charge is 2.27. The van der Waals surface area contributed by atoms with Crippen molar-refractivity contribution in [3.8, 4) is 0 Å². The van der Waals surface area contributed by atoms with Crippen molar-refractivity contribution in [3.63, 3.8) is 0 Å². The zero-order valence-corrected chi connectivity index (χ0v) is 14.2. The predicted molar refractivity (Wildman–Crippen MR) is 90.9 cm³/mol. The van der Waals surface area contributed by atoms with E-state index in [0.29, 0.717) is 32.2 Å². The van der Waals surface area contributed by atoms with E-state index >= 15 is 0 Å². The number of carbonyl (C=O) groups is 2. The Morgan fingerprint density at radius 3 is 2.48 bits per heavy atom. The van der Waals surface area contributed by atoms with Gasteiger partial charge in [0.15, 0.2) is 0 Å². The summed E-state index contributed by atoms with van der Waals surface area (Å²) in [5.74, 6) is 0.172. The smallest absolute Gasteiger partial charge is 0.234 e. The summed E-state index contributed by atoms with van der Waals surface area (Å²) >= 11 is 0. The quantitative estimate of drug-likeness (QED) is 0.625. The topological polar surface area (TPSA) is 87.5 Å². The molecule has 1 aliphatic heterocycles. The molecule has 2 amide bonds. The molecule has 0 aromatic rings.